The molecule has 0 fully saturated rings. The third-order valence-corrected chi connectivity index (χ3v) is 3.83. The van der Waals surface area contributed by atoms with Gasteiger partial charge >= 0.3 is 0 Å². The van der Waals surface area contributed by atoms with Gasteiger partial charge in [0.05, 0.1) is 18.7 Å². The van der Waals surface area contributed by atoms with Crippen LogP contribution in [-0.2, 0) is 11.3 Å². The van der Waals surface area contributed by atoms with Crippen LogP contribution in [0.25, 0.3) is 10.2 Å². The number of ether oxygens (including phenoxy) is 1. The first-order valence-electron chi connectivity index (χ1n) is 6.43. The Balaban J connectivity index is 2.06. The zero-order chi connectivity index (χ0) is 13.7. The molecule has 0 saturated heterocycles. The lowest BCUT2D eigenvalue weighted by Crippen LogP contribution is -2.33. The van der Waals surface area contributed by atoms with Crippen molar-refractivity contribution >= 4 is 21.6 Å². The Hall–Kier alpha value is -1.24. The fourth-order valence-corrected chi connectivity index (χ4v) is 2.77. The standard InChI is InChI=1S/C13H19N3O2S/c1-3-4-9(8-18-2)14-7-11-15-10-5-6-19-12(10)13(17)16-11/h5-6,9,14H,3-4,7-8H2,1-2H3,(H,15,16,17). The van der Waals surface area contributed by atoms with Crippen LogP contribution >= 0.6 is 11.3 Å². The van der Waals surface area contributed by atoms with E-state index in [2.05, 4.69) is 22.2 Å². The van der Waals surface area contributed by atoms with E-state index in [-0.39, 0.29) is 5.56 Å². The number of hydrogen-bond donors (Lipinski definition) is 2. The molecule has 0 aromatic carbocycles. The van der Waals surface area contributed by atoms with E-state index in [1.807, 2.05) is 11.4 Å². The van der Waals surface area contributed by atoms with Crippen LogP contribution in [0.3, 0.4) is 0 Å². The van der Waals surface area contributed by atoms with Gasteiger partial charge in [-0.3, -0.25) is 4.79 Å². The molecule has 6 heteroatoms. The van der Waals surface area contributed by atoms with Crippen molar-refractivity contribution in [2.24, 2.45) is 0 Å². The summed E-state index contributed by atoms with van der Waals surface area (Å²) in [6.45, 7) is 3.36. The molecule has 1 unspecified atom stereocenters. The molecule has 2 aromatic rings. The number of thiophene rings is 1. The van der Waals surface area contributed by atoms with Crippen LogP contribution in [0, 0.1) is 0 Å². The van der Waals surface area contributed by atoms with Crippen LogP contribution in [0.1, 0.15) is 25.6 Å². The normalized spacial score (nSPS) is 12.9. The van der Waals surface area contributed by atoms with Gasteiger partial charge in [0.1, 0.15) is 10.5 Å². The summed E-state index contributed by atoms with van der Waals surface area (Å²) in [7, 11) is 1.70. The van der Waals surface area contributed by atoms with Crippen molar-refractivity contribution in [2.75, 3.05) is 13.7 Å². The highest BCUT2D eigenvalue weighted by molar-refractivity contribution is 7.17. The average molecular weight is 281 g/mol. The minimum Gasteiger partial charge on any atom is -0.383 e. The number of methoxy groups -OCH3 is 1. The molecule has 0 amide bonds. The fourth-order valence-electron chi connectivity index (χ4n) is 2.04. The van der Waals surface area contributed by atoms with Crippen molar-refractivity contribution in [3.63, 3.8) is 0 Å². The van der Waals surface area contributed by atoms with E-state index in [4.69, 9.17) is 4.74 Å². The second-order valence-corrected chi connectivity index (χ2v) is 5.39. The summed E-state index contributed by atoms with van der Waals surface area (Å²) in [6, 6.07) is 2.16. The summed E-state index contributed by atoms with van der Waals surface area (Å²) in [5, 5.41) is 5.25. The van der Waals surface area contributed by atoms with Crippen molar-refractivity contribution in [2.45, 2.75) is 32.4 Å². The number of fused-ring (bicyclic) bond motifs is 1. The van der Waals surface area contributed by atoms with Gasteiger partial charge in [-0.05, 0) is 17.9 Å². The molecule has 0 saturated carbocycles. The van der Waals surface area contributed by atoms with E-state index in [9.17, 15) is 4.79 Å². The fraction of sp³-hybridized carbons (Fsp3) is 0.538. The molecule has 0 radical (unpaired) electrons. The number of hydrogen-bond acceptors (Lipinski definition) is 5. The largest absolute Gasteiger partial charge is 0.383 e. The van der Waals surface area contributed by atoms with E-state index in [0.29, 0.717) is 29.7 Å². The first kappa shape index (κ1) is 14.2. The predicted molar refractivity (Wildman–Crippen MR) is 77.7 cm³/mol. The Labute approximate surface area is 116 Å². The smallest absolute Gasteiger partial charge is 0.268 e. The molecule has 0 spiro atoms. The van der Waals surface area contributed by atoms with Gasteiger partial charge in [-0.15, -0.1) is 11.3 Å². The molecule has 0 bridgehead atoms. The Morgan fingerprint density at radius 1 is 1.58 bits per heavy atom. The number of H-pyrrole nitrogens is 1. The van der Waals surface area contributed by atoms with E-state index >= 15 is 0 Å². The van der Waals surface area contributed by atoms with Crippen molar-refractivity contribution in [3.8, 4) is 0 Å². The van der Waals surface area contributed by atoms with E-state index in [0.717, 1.165) is 18.4 Å². The lowest BCUT2D eigenvalue weighted by molar-refractivity contribution is 0.161. The second kappa shape index (κ2) is 6.79. The zero-order valence-corrected chi connectivity index (χ0v) is 12.0. The number of nitrogens with one attached hydrogen (secondary N) is 2. The third kappa shape index (κ3) is 3.62. The zero-order valence-electron chi connectivity index (χ0n) is 11.2. The summed E-state index contributed by atoms with van der Waals surface area (Å²) < 4.78 is 5.86. The molecular formula is C13H19N3O2S. The summed E-state index contributed by atoms with van der Waals surface area (Å²) in [4.78, 5) is 19.1. The monoisotopic (exact) mass is 281 g/mol. The SMILES string of the molecule is CCCC(COC)NCc1nc2ccsc2c(=O)[nH]1. The van der Waals surface area contributed by atoms with E-state index in [1.165, 1.54) is 11.3 Å². The van der Waals surface area contributed by atoms with Crippen LogP contribution in [0.2, 0.25) is 0 Å². The van der Waals surface area contributed by atoms with Crippen molar-refractivity contribution in [1.82, 2.24) is 15.3 Å². The maximum absolute atomic E-state index is 11.8. The number of nitrogens with zero attached hydrogens (tertiary/aromatic N) is 1. The number of aromatic amines is 1. The van der Waals surface area contributed by atoms with Gasteiger partial charge in [0.2, 0.25) is 0 Å². The minimum atomic E-state index is -0.0596. The van der Waals surface area contributed by atoms with Gasteiger partial charge in [-0.25, -0.2) is 4.98 Å². The molecule has 0 aliphatic rings. The van der Waals surface area contributed by atoms with E-state index < -0.39 is 0 Å². The molecule has 2 aromatic heterocycles. The Morgan fingerprint density at radius 2 is 2.42 bits per heavy atom. The summed E-state index contributed by atoms with van der Waals surface area (Å²) in [6.07, 6.45) is 2.13. The van der Waals surface area contributed by atoms with Gasteiger partial charge in [-0.2, -0.15) is 0 Å². The third-order valence-electron chi connectivity index (χ3n) is 2.93. The summed E-state index contributed by atoms with van der Waals surface area (Å²) in [5.41, 5.74) is 0.708. The molecule has 2 N–H and O–H groups in total. The van der Waals surface area contributed by atoms with Crippen molar-refractivity contribution in [3.05, 3.63) is 27.6 Å². The van der Waals surface area contributed by atoms with Crippen LogP contribution in [0.5, 0.6) is 0 Å². The molecular weight excluding hydrogens is 262 g/mol. The highest BCUT2D eigenvalue weighted by Gasteiger charge is 2.09. The lowest BCUT2D eigenvalue weighted by Gasteiger charge is -2.16. The Morgan fingerprint density at radius 3 is 3.16 bits per heavy atom. The maximum atomic E-state index is 11.8. The van der Waals surface area contributed by atoms with Crippen molar-refractivity contribution < 1.29 is 4.74 Å². The maximum Gasteiger partial charge on any atom is 0.268 e. The number of rotatable bonds is 7. The highest BCUT2D eigenvalue weighted by atomic mass is 32.1. The van der Waals surface area contributed by atoms with Gasteiger partial charge < -0.3 is 15.0 Å². The van der Waals surface area contributed by atoms with Crippen molar-refractivity contribution in [1.29, 1.82) is 0 Å². The average Bonchev–Trinajstić information content (AvgIpc) is 2.85. The molecule has 2 rings (SSSR count). The molecule has 19 heavy (non-hydrogen) atoms. The topological polar surface area (TPSA) is 67.0 Å². The summed E-state index contributed by atoms with van der Waals surface area (Å²) in [5.74, 6) is 0.674. The first-order chi connectivity index (χ1) is 9.24. The van der Waals surface area contributed by atoms with E-state index in [1.54, 1.807) is 7.11 Å². The molecule has 1 atom stereocenters. The highest BCUT2D eigenvalue weighted by Crippen LogP contribution is 2.13. The molecule has 0 aliphatic carbocycles. The van der Waals surface area contributed by atoms with Crippen LogP contribution in [0.4, 0.5) is 0 Å². The first-order valence-corrected chi connectivity index (χ1v) is 7.31. The van der Waals surface area contributed by atoms with Gasteiger partial charge in [0.25, 0.3) is 5.56 Å². The molecule has 5 nitrogen and oxygen atoms in total. The quantitative estimate of drug-likeness (QED) is 0.813. The second-order valence-electron chi connectivity index (χ2n) is 4.47. The minimum absolute atomic E-state index is 0.0596. The van der Waals surface area contributed by atoms with Crippen LogP contribution in [-0.4, -0.2) is 29.7 Å². The predicted octanol–water partition coefficient (Wildman–Crippen LogP) is 1.89. The number of aromatic nitrogens is 2. The Bertz CT molecular complexity index is 573. The van der Waals surface area contributed by atoms with Gasteiger partial charge in [0.15, 0.2) is 0 Å². The van der Waals surface area contributed by atoms with Crippen LogP contribution < -0.4 is 10.9 Å². The molecule has 104 valence electrons. The Kier molecular flexibility index (Phi) is 5.07. The lowest BCUT2D eigenvalue weighted by atomic mass is 10.2. The molecule has 2 heterocycles. The van der Waals surface area contributed by atoms with Gasteiger partial charge in [0, 0.05) is 13.2 Å². The molecule has 0 aliphatic heterocycles. The van der Waals surface area contributed by atoms with Gasteiger partial charge in [-0.1, -0.05) is 13.3 Å². The summed E-state index contributed by atoms with van der Waals surface area (Å²) >= 11 is 1.42. The van der Waals surface area contributed by atoms with Crippen LogP contribution in [0.15, 0.2) is 16.2 Å².